The highest BCUT2D eigenvalue weighted by Gasteiger charge is 2.29. The van der Waals surface area contributed by atoms with E-state index in [-0.39, 0.29) is 11.8 Å². The van der Waals surface area contributed by atoms with Gasteiger partial charge in [-0.25, -0.2) is 4.98 Å². The number of hydrogen-bond donors (Lipinski definition) is 0. The third kappa shape index (κ3) is 5.71. The van der Waals surface area contributed by atoms with Gasteiger partial charge in [0.15, 0.2) is 0 Å². The normalized spacial score (nSPS) is 18.2. The average molecular weight is 441 g/mol. The molecule has 1 saturated carbocycles. The second-order valence-corrected chi connectivity index (χ2v) is 9.55. The minimum Gasteiger partial charge on any atom is -0.340 e. The highest BCUT2D eigenvalue weighted by atomic mass is 32.1. The van der Waals surface area contributed by atoms with Crippen LogP contribution in [-0.2, 0) is 16.0 Å². The summed E-state index contributed by atoms with van der Waals surface area (Å²) in [6.07, 6.45) is 6.20. The lowest BCUT2D eigenvalue weighted by Gasteiger charge is -2.38. The summed E-state index contributed by atoms with van der Waals surface area (Å²) in [6.45, 7) is 5.19. The Hall–Kier alpha value is -2.25. The highest BCUT2D eigenvalue weighted by molar-refractivity contribution is 7.09. The zero-order valence-electron chi connectivity index (χ0n) is 18.3. The van der Waals surface area contributed by atoms with Gasteiger partial charge in [0.05, 0.1) is 13.0 Å². The first-order valence-electron chi connectivity index (χ1n) is 11.4. The summed E-state index contributed by atoms with van der Waals surface area (Å²) in [7, 11) is 0. The van der Waals surface area contributed by atoms with E-state index in [9.17, 15) is 9.59 Å². The van der Waals surface area contributed by atoms with Crippen molar-refractivity contribution in [3.8, 4) is 0 Å². The highest BCUT2D eigenvalue weighted by Crippen LogP contribution is 2.27. The first-order chi connectivity index (χ1) is 15.1. The largest absolute Gasteiger partial charge is 0.340 e. The van der Waals surface area contributed by atoms with Gasteiger partial charge in [-0.3, -0.25) is 14.5 Å². The van der Waals surface area contributed by atoms with Crippen LogP contribution >= 0.6 is 11.3 Å². The number of carbonyl (C=O) groups excluding carboxylic acids is 2. The standard InChI is InChI=1S/C24H32N4O2S/c1-19-18-31-22(25-19)16-23(29)27-14-12-26(13-15-27)17-24(30)28(20-8-4-2-5-9-20)21-10-6-3-7-11-21/h2,4-5,8-9,18,21H,3,6-7,10-17H2,1H3. The minimum absolute atomic E-state index is 0.133. The second kappa shape index (κ2) is 10.4. The van der Waals surface area contributed by atoms with E-state index in [2.05, 4.69) is 9.88 Å². The molecule has 2 aliphatic rings. The van der Waals surface area contributed by atoms with E-state index in [4.69, 9.17) is 0 Å². The SMILES string of the molecule is Cc1csc(CC(=O)N2CCN(CC(=O)N(c3ccccc3)C3CCCCC3)CC2)n1. The lowest BCUT2D eigenvalue weighted by Crippen LogP contribution is -2.53. The number of anilines is 1. The van der Waals surface area contributed by atoms with Crippen LogP contribution in [0.4, 0.5) is 5.69 Å². The van der Waals surface area contributed by atoms with E-state index < -0.39 is 0 Å². The fourth-order valence-electron chi connectivity index (χ4n) is 4.63. The molecule has 2 amide bonds. The monoisotopic (exact) mass is 440 g/mol. The lowest BCUT2D eigenvalue weighted by molar-refractivity contribution is -0.132. The lowest BCUT2D eigenvalue weighted by atomic mass is 9.93. The van der Waals surface area contributed by atoms with Gasteiger partial charge >= 0.3 is 0 Å². The molecule has 0 N–H and O–H groups in total. The Bertz CT molecular complexity index is 871. The molecule has 2 heterocycles. The van der Waals surface area contributed by atoms with Gasteiger partial charge in [0, 0.05) is 49.0 Å². The zero-order chi connectivity index (χ0) is 21.6. The molecule has 166 valence electrons. The Kier molecular flexibility index (Phi) is 7.35. The van der Waals surface area contributed by atoms with Crippen molar-refractivity contribution in [2.45, 2.75) is 51.5 Å². The van der Waals surface area contributed by atoms with Crippen molar-refractivity contribution in [1.29, 1.82) is 0 Å². The number of aryl methyl sites for hydroxylation is 1. The van der Waals surface area contributed by atoms with E-state index in [1.807, 2.05) is 52.4 Å². The third-order valence-corrected chi connectivity index (χ3v) is 7.26. The fraction of sp³-hybridized carbons (Fsp3) is 0.542. The first-order valence-corrected chi connectivity index (χ1v) is 12.3. The number of amides is 2. The van der Waals surface area contributed by atoms with E-state index in [1.165, 1.54) is 19.3 Å². The maximum absolute atomic E-state index is 13.4. The third-order valence-electron chi connectivity index (χ3n) is 6.30. The molecule has 2 fully saturated rings. The molecule has 0 bridgehead atoms. The van der Waals surface area contributed by atoms with Crippen molar-refractivity contribution in [2.24, 2.45) is 0 Å². The van der Waals surface area contributed by atoms with Crippen LogP contribution < -0.4 is 4.90 Å². The number of benzene rings is 1. The van der Waals surface area contributed by atoms with Crippen LogP contribution in [0.25, 0.3) is 0 Å². The Labute approximate surface area is 188 Å². The summed E-state index contributed by atoms with van der Waals surface area (Å²) in [6, 6.07) is 10.4. The van der Waals surface area contributed by atoms with Crippen molar-refractivity contribution in [1.82, 2.24) is 14.8 Å². The molecular formula is C24H32N4O2S. The van der Waals surface area contributed by atoms with Crippen molar-refractivity contribution < 1.29 is 9.59 Å². The molecule has 31 heavy (non-hydrogen) atoms. The number of piperazine rings is 1. The predicted molar refractivity (Wildman–Crippen MR) is 124 cm³/mol. The minimum atomic E-state index is 0.133. The van der Waals surface area contributed by atoms with Gasteiger partial charge in [0.2, 0.25) is 11.8 Å². The molecule has 6 nitrogen and oxygen atoms in total. The summed E-state index contributed by atoms with van der Waals surface area (Å²) in [4.78, 5) is 36.5. The van der Waals surface area contributed by atoms with Gasteiger partial charge in [0.25, 0.3) is 0 Å². The predicted octanol–water partition coefficient (Wildman–Crippen LogP) is 3.50. The van der Waals surface area contributed by atoms with Gasteiger partial charge in [-0.15, -0.1) is 11.3 Å². The number of carbonyl (C=O) groups is 2. The van der Waals surface area contributed by atoms with Crippen LogP contribution in [0, 0.1) is 6.92 Å². The molecule has 0 unspecified atom stereocenters. The first kappa shape index (κ1) is 22.0. The van der Waals surface area contributed by atoms with Crippen molar-refractivity contribution in [2.75, 3.05) is 37.6 Å². The van der Waals surface area contributed by atoms with Crippen LogP contribution in [0.15, 0.2) is 35.7 Å². The summed E-state index contributed by atoms with van der Waals surface area (Å²) >= 11 is 1.55. The van der Waals surface area contributed by atoms with Crippen molar-refractivity contribution in [3.63, 3.8) is 0 Å². The maximum Gasteiger partial charge on any atom is 0.241 e. The van der Waals surface area contributed by atoms with Gasteiger partial charge in [-0.1, -0.05) is 37.5 Å². The van der Waals surface area contributed by atoms with Crippen LogP contribution in [0.1, 0.15) is 42.8 Å². The quantitative estimate of drug-likeness (QED) is 0.690. The van der Waals surface area contributed by atoms with Crippen molar-refractivity contribution >= 4 is 28.8 Å². The molecule has 0 atom stereocenters. The van der Waals surface area contributed by atoms with Crippen LogP contribution in [0.2, 0.25) is 0 Å². The summed E-state index contributed by atoms with van der Waals surface area (Å²) in [5, 5.41) is 2.86. The molecular weight excluding hydrogens is 408 g/mol. The topological polar surface area (TPSA) is 56.8 Å². The second-order valence-electron chi connectivity index (χ2n) is 8.61. The molecule has 1 aliphatic carbocycles. The Balaban J connectivity index is 1.33. The summed E-state index contributed by atoms with van der Waals surface area (Å²) in [5.74, 6) is 0.310. The average Bonchev–Trinajstić information content (AvgIpc) is 3.20. The van der Waals surface area contributed by atoms with Gasteiger partial charge in [0.1, 0.15) is 5.01 Å². The van der Waals surface area contributed by atoms with Crippen LogP contribution in [0.3, 0.4) is 0 Å². The van der Waals surface area contributed by atoms with Gasteiger partial charge in [-0.2, -0.15) is 0 Å². The Morgan fingerprint density at radius 2 is 1.77 bits per heavy atom. The number of hydrogen-bond acceptors (Lipinski definition) is 5. The van der Waals surface area contributed by atoms with Crippen LogP contribution in [-0.4, -0.2) is 65.4 Å². The van der Waals surface area contributed by atoms with Gasteiger partial charge < -0.3 is 9.80 Å². The van der Waals surface area contributed by atoms with E-state index in [0.29, 0.717) is 32.1 Å². The molecule has 1 aromatic carbocycles. The summed E-state index contributed by atoms with van der Waals surface area (Å²) in [5.41, 5.74) is 1.98. The Morgan fingerprint density at radius 1 is 1.06 bits per heavy atom. The number of para-hydroxylation sites is 1. The molecule has 2 aromatic rings. The fourth-order valence-corrected chi connectivity index (χ4v) is 5.40. The molecule has 1 aromatic heterocycles. The molecule has 1 aliphatic heterocycles. The molecule has 7 heteroatoms. The van der Waals surface area contributed by atoms with E-state index >= 15 is 0 Å². The number of thiazole rings is 1. The summed E-state index contributed by atoms with van der Waals surface area (Å²) < 4.78 is 0. The molecule has 0 radical (unpaired) electrons. The number of rotatable bonds is 6. The number of aromatic nitrogens is 1. The number of nitrogens with zero attached hydrogens (tertiary/aromatic N) is 4. The zero-order valence-corrected chi connectivity index (χ0v) is 19.1. The molecule has 4 rings (SSSR count). The van der Waals surface area contributed by atoms with E-state index in [1.54, 1.807) is 11.3 Å². The molecule has 1 saturated heterocycles. The van der Waals surface area contributed by atoms with Crippen LogP contribution in [0.5, 0.6) is 0 Å². The van der Waals surface area contributed by atoms with Gasteiger partial charge in [-0.05, 0) is 31.9 Å². The van der Waals surface area contributed by atoms with E-state index in [0.717, 1.165) is 42.3 Å². The van der Waals surface area contributed by atoms with Crippen molar-refractivity contribution in [3.05, 3.63) is 46.4 Å². The molecule has 0 spiro atoms. The Morgan fingerprint density at radius 3 is 2.42 bits per heavy atom. The maximum atomic E-state index is 13.4. The smallest absolute Gasteiger partial charge is 0.241 e.